The Kier molecular flexibility index (Phi) is 12.5. The zero-order valence-electron chi connectivity index (χ0n) is 36.2. The number of aromatic nitrogens is 2. The maximum absolute atomic E-state index is 14.9. The predicted molar refractivity (Wildman–Crippen MR) is 232 cm³/mol. The molecule has 3 aromatic rings. The SMILES string of the molecule is COc1ccc2c(O[C@H]3CN4C(=O)[C@@H](NC(=O)OC(C)(C)C)CCCCC/C=C\[C@@H]5C[C@@]5(C(=O)NS(=O)(=O)C5CC5)NC(=O)[C@@H]4C3C)cc(-c3nc(C(C)C)cs3)nc2c1C. The van der Waals surface area contributed by atoms with Crippen molar-refractivity contribution in [1.29, 1.82) is 0 Å². The molecule has 7 rings (SSSR count). The molecular weight excluding hydrogens is 821 g/mol. The van der Waals surface area contributed by atoms with E-state index < -0.39 is 80.3 Å². The number of nitrogens with one attached hydrogen (secondary N) is 3. The van der Waals surface area contributed by atoms with E-state index in [9.17, 15) is 27.6 Å². The number of methoxy groups -OCH3 is 1. The van der Waals surface area contributed by atoms with Gasteiger partial charge in [-0.25, -0.2) is 23.2 Å². The van der Waals surface area contributed by atoms with Gasteiger partial charge in [0.05, 0.1) is 30.1 Å². The fraction of sp³-hybridized carbons (Fsp3) is 0.591. The fourth-order valence-electron chi connectivity index (χ4n) is 8.27. The van der Waals surface area contributed by atoms with Crippen LogP contribution in [-0.2, 0) is 29.1 Å². The number of hydrogen-bond acceptors (Lipinski definition) is 12. The third-order valence-corrected chi connectivity index (χ3v) is 14.7. The van der Waals surface area contributed by atoms with E-state index >= 15 is 0 Å². The Balaban J connectivity index is 1.27. The van der Waals surface area contributed by atoms with Crippen molar-refractivity contribution >= 4 is 56.1 Å². The van der Waals surface area contributed by atoms with Gasteiger partial charge >= 0.3 is 6.09 Å². The van der Waals surface area contributed by atoms with Crippen LogP contribution < -0.4 is 24.8 Å². The number of sulfonamides is 1. The molecule has 330 valence electrons. The molecule has 1 aromatic carbocycles. The van der Waals surface area contributed by atoms with Crippen LogP contribution in [-0.4, -0.2) is 95.3 Å². The molecule has 3 fully saturated rings. The van der Waals surface area contributed by atoms with Crippen molar-refractivity contribution in [2.24, 2.45) is 11.8 Å². The quantitative estimate of drug-likeness (QED) is 0.205. The third kappa shape index (κ3) is 9.52. The van der Waals surface area contributed by atoms with Gasteiger partial charge in [0.1, 0.15) is 51.5 Å². The Bertz CT molecular complexity index is 2340. The van der Waals surface area contributed by atoms with Crippen molar-refractivity contribution < 1.29 is 41.8 Å². The Morgan fingerprint density at radius 3 is 2.49 bits per heavy atom. The normalized spacial score (nSPS) is 26.6. The molecule has 4 heterocycles. The Labute approximate surface area is 361 Å². The number of carbonyl (C=O) groups is 4. The molecule has 1 unspecified atom stereocenters. The summed E-state index contributed by atoms with van der Waals surface area (Å²) in [6, 6.07) is 3.34. The van der Waals surface area contributed by atoms with Crippen LogP contribution in [0.1, 0.15) is 110 Å². The zero-order valence-corrected chi connectivity index (χ0v) is 37.8. The van der Waals surface area contributed by atoms with Gasteiger partial charge in [-0.3, -0.25) is 19.1 Å². The zero-order chi connectivity index (χ0) is 44.0. The lowest BCUT2D eigenvalue weighted by atomic mass is 9.98. The Morgan fingerprint density at radius 2 is 1.82 bits per heavy atom. The van der Waals surface area contributed by atoms with Gasteiger partial charge in [-0.05, 0) is 84.3 Å². The van der Waals surface area contributed by atoms with E-state index in [0.717, 1.165) is 24.1 Å². The molecule has 6 atom stereocenters. The van der Waals surface area contributed by atoms with Crippen molar-refractivity contribution in [2.75, 3.05) is 13.7 Å². The van der Waals surface area contributed by atoms with E-state index in [0.29, 0.717) is 65.2 Å². The van der Waals surface area contributed by atoms with E-state index in [1.807, 2.05) is 49.6 Å². The number of rotatable bonds is 9. The number of thiazole rings is 1. The van der Waals surface area contributed by atoms with Crippen LogP contribution in [0.5, 0.6) is 11.5 Å². The number of alkyl carbamates (subject to hydrolysis) is 1. The monoisotopic (exact) mass is 878 g/mol. The average Bonchev–Trinajstić information content (AvgIpc) is 4.08. The van der Waals surface area contributed by atoms with Gasteiger partial charge in [0.25, 0.3) is 5.91 Å². The first-order valence-corrected chi connectivity index (χ1v) is 23.7. The van der Waals surface area contributed by atoms with Gasteiger partial charge < -0.3 is 29.7 Å². The molecule has 17 heteroatoms. The molecule has 0 radical (unpaired) electrons. The highest BCUT2D eigenvalue weighted by molar-refractivity contribution is 7.91. The molecule has 3 N–H and O–H groups in total. The van der Waals surface area contributed by atoms with Crippen molar-refractivity contribution in [3.05, 3.63) is 47.0 Å². The second kappa shape index (κ2) is 17.2. The van der Waals surface area contributed by atoms with Gasteiger partial charge in [-0.2, -0.15) is 0 Å². The number of allylic oxidation sites excluding steroid dienone is 1. The average molecular weight is 879 g/mol. The molecule has 2 aliphatic carbocycles. The first kappa shape index (κ1) is 44.3. The van der Waals surface area contributed by atoms with Crippen molar-refractivity contribution in [2.45, 2.75) is 140 Å². The Morgan fingerprint density at radius 1 is 1.07 bits per heavy atom. The molecule has 2 saturated carbocycles. The number of benzene rings is 1. The largest absolute Gasteiger partial charge is 0.496 e. The smallest absolute Gasteiger partial charge is 0.408 e. The molecule has 2 aromatic heterocycles. The van der Waals surface area contributed by atoms with E-state index in [2.05, 4.69) is 29.2 Å². The third-order valence-electron chi connectivity index (χ3n) is 12.0. The number of fused-ring (bicyclic) bond motifs is 3. The van der Waals surface area contributed by atoms with Gasteiger partial charge in [0.2, 0.25) is 21.8 Å². The molecule has 15 nitrogen and oxygen atoms in total. The van der Waals surface area contributed by atoms with Gasteiger partial charge in [-0.15, -0.1) is 11.3 Å². The van der Waals surface area contributed by atoms with Crippen molar-refractivity contribution in [1.82, 2.24) is 30.2 Å². The lowest BCUT2D eigenvalue weighted by Gasteiger charge is -2.31. The molecule has 4 amide bonds. The molecule has 1 saturated heterocycles. The molecule has 4 aliphatic rings. The molecule has 0 spiro atoms. The summed E-state index contributed by atoms with van der Waals surface area (Å²) < 4.78 is 46.4. The van der Waals surface area contributed by atoms with Crippen molar-refractivity contribution in [3.63, 3.8) is 0 Å². The minimum Gasteiger partial charge on any atom is -0.496 e. The topological polar surface area (TPSA) is 195 Å². The highest BCUT2D eigenvalue weighted by Gasteiger charge is 2.62. The lowest BCUT2D eigenvalue weighted by Crippen LogP contribution is -2.59. The van der Waals surface area contributed by atoms with Gasteiger partial charge in [0, 0.05) is 34.2 Å². The summed E-state index contributed by atoms with van der Waals surface area (Å²) in [6.45, 7) is 13.1. The molecule has 0 bridgehead atoms. The first-order valence-electron chi connectivity index (χ1n) is 21.3. The number of nitrogens with zero attached hydrogens (tertiary/aromatic N) is 3. The summed E-state index contributed by atoms with van der Waals surface area (Å²) in [7, 11) is -2.33. The van der Waals surface area contributed by atoms with Crippen LogP contribution in [0.15, 0.2) is 35.7 Å². The predicted octanol–water partition coefficient (Wildman–Crippen LogP) is 6.29. The van der Waals surface area contributed by atoms with Gasteiger partial charge in [-0.1, -0.05) is 45.8 Å². The number of aryl methyl sites for hydroxylation is 1. The first-order chi connectivity index (χ1) is 28.8. The fourth-order valence-corrected chi connectivity index (χ4v) is 10.6. The molecule has 61 heavy (non-hydrogen) atoms. The number of ether oxygens (including phenoxy) is 3. The summed E-state index contributed by atoms with van der Waals surface area (Å²) >= 11 is 1.48. The minimum absolute atomic E-state index is 0.0355. The number of pyridine rings is 1. The highest BCUT2D eigenvalue weighted by Crippen LogP contribution is 2.47. The van der Waals surface area contributed by atoms with Crippen LogP contribution in [0.4, 0.5) is 4.79 Å². The second-order valence-corrected chi connectivity index (χ2v) is 21.0. The number of hydrogen-bond donors (Lipinski definition) is 3. The summed E-state index contributed by atoms with van der Waals surface area (Å²) in [5, 5.41) is 8.50. The summed E-state index contributed by atoms with van der Waals surface area (Å²) in [4.78, 5) is 68.2. The van der Waals surface area contributed by atoms with E-state index in [1.165, 1.54) is 16.2 Å². The van der Waals surface area contributed by atoms with Crippen molar-refractivity contribution in [3.8, 4) is 22.2 Å². The van der Waals surface area contributed by atoms with Crippen LogP contribution in [0.3, 0.4) is 0 Å². The number of carbonyl (C=O) groups excluding carboxylic acids is 4. The van der Waals surface area contributed by atoms with Crippen LogP contribution in [0, 0.1) is 18.8 Å². The maximum atomic E-state index is 14.9. The lowest BCUT2D eigenvalue weighted by molar-refractivity contribution is -0.142. The highest BCUT2D eigenvalue weighted by atomic mass is 32.2. The summed E-state index contributed by atoms with van der Waals surface area (Å²) in [5.74, 6) is -1.69. The second-order valence-electron chi connectivity index (χ2n) is 18.2. The van der Waals surface area contributed by atoms with Crippen LogP contribution in [0.2, 0.25) is 0 Å². The number of amides is 4. The standard InChI is InChI=1S/C44H58N6O9S2/c1-24(2)32-23-60-39(46-32)31-20-34(29-18-19-33(57-8)25(3)36(29)45-31)58-35-22-50-37(26(35)4)38(51)48-44(41(53)49-61(55,56)28-16-17-28)21-27(44)14-12-10-9-11-13-15-30(40(50)52)47-42(54)59-43(5,6)7/h12,14,18-20,23-24,26-28,30,35,37H,9-11,13,15-17,21-22H2,1-8H3,(H,47,54)(H,48,51)(H,49,53)/b14-12-/t26?,27-,30+,35+,37+,44-/m1/s1. The summed E-state index contributed by atoms with van der Waals surface area (Å²) in [5.41, 5.74) is 0.608. The van der Waals surface area contributed by atoms with E-state index in [1.54, 1.807) is 27.9 Å². The van der Waals surface area contributed by atoms with E-state index in [4.69, 9.17) is 24.2 Å². The van der Waals surface area contributed by atoms with Crippen LogP contribution >= 0.6 is 11.3 Å². The molecular formula is C44H58N6O9S2. The van der Waals surface area contributed by atoms with Crippen LogP contribution in [0.25, 0.3) is 21.6 Å². The minimum atomic E-state index is -3.92. The molecule has 2 aliphatic heterocycles. The Hall–Kier alpha value is -4.77. The maximum Gasteiger partial charge on any atom is 0.408 e. The summed E-state index contributed by atoms with van der Waals surface area (Å²) in [6.07, 6.45) is 6.57. The van der Waals surface area contributed by atoms with Gasteiger partial charge in [0.15, 0.2) is 0 Å². The van der Waals surface area contributed by atoms with E-state index in [-0.39, 0.29) is 18.9 Å².